The Morgan fingerprint density at radius 1 is 1.50 bits per heavy atom. The summed E-state index contributed by atoms with van der Waals surface area (Å²) in [5.41, 5.74) is 2.22. The fraction of sp³-hybridized carbons (Fsp3) is 0.167. The SMILES string of the molecule is Cn1cc(CC(=O)c2cnc3ccsc3c2)nn1. The number of carbonyl (C=O) groups is 1. The molecule has 0 aliphatic carbocycles. The van der Waals surface area contributed by atoms with Crippen LogP contribution in [0.25, 0.3) is 10.2 Å². The van der Waals surface area contributed by atoms with Gasteiger partial charge in [-0.15, -0.1) is 16.4 Å². The monoisotopic (exact) mass is 258 g/mol. The normalized spacial score (nSPS) is 10.9. The van der Waals surface area contributed by atoms with E-state index in [2.05, 4.69) is 15.3 Å². The summed E-state index contributed by atoms with van der Waals surface area (Å²) in [5.74, 6) is 0.0123. The molecule has 3 aromatic rings. The number of fused-ring (bicyclic) bond motifs is 1. The molecule has 5 nitrogen and oxygen atoms in total. The molecule has 3 heterocycles. The molecule has 0 N–H and O–H groups in total. The van der Waals surface area contributed by atoms with Crippen molar-refractivity contribution in [3.8, 4) is 0 Å². The Morgan fingerprint density at radius 2 is 2.39 bits per heavy atom. The van der Waals surface area contributed by atoms with Crippen molar-refractivity contribution < 1.29 is 4.79 Å². The Balaban J connectivity index is 1.87. The molecule has 0 amide bonds. The molecule has 90 valence electrons. The van der Waals surface area contributed by atoms with Crippen LogP contribution >= 0.6 is 11.3 Å². The van der Waals surface area contributed by atoms with Gasteiger partial charge in [0.25, 0.3) is 0 Å². The third-order valence-corrected chi connectivity index (χ3v) is 3.47. The highest BCUT2D eigenvalue weighted by atomic mass is 32.1. The van der Waals surface area contributed by atoms with Gasteiger partial charge in [0, 0.05) is 25.0 Å². The quantitative estimate of drug-likeness (QED) is 0.673. The minimum atomic E-state index is 0.0123. The molecule has 0 radical (unpaired) electrons. The van der Waals surface area contributed by atoms with E-state index in [0.29, 0.717) is 11.3 Å². The minimum absolute atomic E-state index is 0.0123. The van der Waals surface area contributed by atoms with Crippen LogP contribution in [-0.4, -0.2) is 25.8 Å². The Bertz CT molecular complexity index is 716. The largest absolute Gasteiger partial charge is 0.294 e. The van der Waals surface area contributed by atoms with Gasteiger partial charge in [0.15, 0.2) is 5.78 Å². The molecule has 3 aromatic heterocycles. The fourth-order valence-corrected chi connectivity index (χ4v) is 2.52. The summed E-state index contributed by atoms with van der Waals surface area (Å²) in [5, 5.41) is 9.68. The average Bonchev–Trinajstić information content (AvgIpc) is 2.96. The molecule has 0 bridgehead atoms. The van der Waals surface area contributed by atoms with E-state index in [0.717, 1.165) is 10.2 Å². The maximum atomic E-state index is 12.1. The Morgan fingerprint density at radius 3 is 3.17 bits per heavy atom. The zero-order chi connectivity index (χ0) is 12.5. The van der Waals surface area contributed by atoms with Crippen LogP contribution in [0.5, 0.6) is 0 Å². The van der Waals surface area contributed by atoms with Crippen LogP contribution in [0.1, 0.15) is 16.1 Å². The fourth-order valence-electron chi connectivity index (χ4n) is 1.74. The summed E-state index contributed by atoms with van der Waals surface area (Å²) in [6.07, 6.45) is 3.62. The van der Waals surface area contributed by atoms with Crippen LogP contribution in [0.3, 0.4) is 0 Å². The van der Waals surface area contributed by atoms with Crippen LogP contribution in [0.15, 0.2) is 29.9 Å². The first-order valence-corrected chi connectivity index (χ1v) is 6.32. The highest BCUT2D eigenvalue weighted by Gasteiger charge is 2.11. The van der Waals surface area contributed by atoms with E-state index in [-0.39, 0.29) is 12.2 Å². The summed E-state index contributed by atoms with van der Waals surface area (Å²) in [6, 6.07) is 3.82. The van der Waals surface area contributed by atoms with Gasteiger partial charge in [-0.1, -0.05) is 5.21 Å². The Kier molecular flexibility index (Phi) is 2.64. The van der Waals surface area contributed by atoms with E-state index in [9.17, 15) is 4.79 Å². The lowest BCUT2D eigenvalue weighted by Crippen LogP contribution is -2.04. The van der Waals surface area contributed by atoms with Gasteiger partial charge in [-0.2, -0.15) is 0 Å². The molecule has 0 atom stereocenters. The highest BCUT2D eigenvalue weighted by Crippen LogP contribution is 2.20. The molecule has 0 aliphatic heterocycles. The predicted octanol–water partition coefficient (Wildman–Crippen LogP) is 1.85. The average molecular weight is 258 g/mol. The number of aromatic nitrogens is 4. The van der Waals surface area contributed by atoms with Crippen LogP contribution in [0.4, 0.5) is 0 Å². The van der Waals surface area contributed by atoms with Gasteiger partial charge in [0.05, 0.1) is 22.3 Å². The van der Waals surface area contributed by atoms with Gasteiger partial charge in [0.1, 0.15) is 0 Å². The van der Waals surface area contributed by atoms with Crippen LogP contribution < -0.4 is 0 Å². The van der Waals surface area contributed by atoms with Gasteiger partial charge < -0.3 is 0 Å². The van der Waals surface area contributed by atoms with E-state index in [1.807, 2.05) is 17.5 Å². The van der Waals surface area contributed by atoms with Gasteiger partial charge in [-0.3, -0.25) is 14.5 Å². The molecule has 0 saturated carbocycles. The second kappa shape index (κ2) is 4.30. The number of aryl methyl sites for hydroxylation is 1. The van der Waals surface area contributed by atoms with Crippen LogP contribution in [-0.2, 0) is 13.5 Å². The number of hydrogen-bond acceptors (Lipinski definition) is 5. The number of nitrogens with zero attached hydrogens (tertiary/aromatic N) is 4. The Labute approximate surface area is 107 Å². The second-order valence-corrected chi connectivity index (χ2v) is 4.96. The van der Waals surface area contributed by atoms with Crippen molar-refractivity contribution in [1.82, 2.24) is 20.0 Å². The lowest BCUT2D eigenvalue weighted by atomic mass is 10.1. The van der Waals surface area contributed by atoms with Crippen molar-refractivity contribution in [2.45, 2.75) is 6.42 Å². The standard InChI is InChI=1S/C12H10N4OS/c1-16-7-9(14-15-16)5-11(17)8-4-12-10(13-6-8)2-3-18-12/h2-4,6-7H,5H2,1H3. The van der Waals surface area contributed by atoms with Crippen molar-refractivity contribution in [2.24, 2.45) is 7.05 Å². The predicted molar refractivity (Wildman–Crippen MR) is 68.7 cm³/mol. The van der Waals surface area contributed by atoms with Gasteiger partial charge in [0.2, 0.25) is 0 Å². The number of Topliss-reactive ketones (excluding diaryl/α,β-unsaturated/α-hetero) is 1. The number of hydrogen-bond donors (Lipinski definition) is 0. The van der Waals surface area contributed by atoms with Crippen LogP contribution in [0.2, 0.25) is 0 Å². The first-order chi connectivity index (χ1) is 8.72. The van der Waals surface area contributed by atoms with Gasteiger partial charge in [-0.05, 0) is 17.5 Å². The molecule has 0 spiro atoms. The summed E-state index contributed by atoms with van der Waals surface area (Å²) < 4.78 is 2.61. The zero-order valence-corrected chi connectivity index (χ0v) is 10.5. The molecule has 0 saturated heterocycles. The topological polar surface area (TPSA) is 60.7 Å². The Hall–Kier alpha value is -2.08. The molecule has 18 heavy (non-hydrogen) atoms. The maximum Gasteiger partial charge on any atom is 0.170 e. The molecule has 3 rings (SSSR count). The summed E-state index contributed by atoms with van der Waals surface area (Å²) in [6.45, 7) is 0. The molecular weight excluding hydrogens is 248 g/mol. The van der Waals surface area contributed by atoms with E-state index in [4.69, 9.17) is 0 Å². The van der Waals surface area contributed by atoms with E-state index in [1.54, 1.807) is 35.5 Å². The first kappa shape index (κ1) is 11.0. The lowest BCUT2D eigenvalue weighted by Gasteiger charge is -1.98. The van der Waals surface area contributed by atoms with Gasteiger partial charge >= 0.3 is 0 Å². The summed E-state index contributed by atoms with van der Waals surface area (Å²) in [7, 11) is 1.78. The highest BCUT2D eigenvalue weighted by molar-refractivity contribution is 7.17. The second-order valence-electron chi connectivity index (χ2n) is 4.01. The lowest BCUT2D eigenvalue weighted by molar-refractivity contribution is 0.0991. The third kappa shape index (κ3) is 2.02. The summed E-state index contributed by atoms with van der Waals surface area (Å²) in [4.78, 5) is 16.3. The van der Waals surface area contributed by atoms with E-state index >= 15 is 0 Å². The number of thiophene rings is 1. The number of carbonyl (C=O) groups excluding carboxylic acids is 1. The van der Waals surface area contributed by atoms with Gasteiger partial charge in [-0.25, -0.2) is 0 Å². The first-order valence-electron chi connectivity index (χ1n) is 5.44. The maximum absolute atomic E-state index is 12.1. The molecule has 0 aromatic carbocycles. The molecule has 0 unspecified atom stereocenters. The van der Waals surface area contributed by atoms with E-state index < -0.39 is 0 Å². The zero-order valence-electron chi connectivity index (χ0n) is 9.70. The van der Waals surface area contributed by atoms with Crippen molar-refractivity contribution in [1.29, 1.82) is 0 Å². The third-order valence-electron chi connectivity index (χ3n) is 2.62. The molecule has 6 heteroatoms. The van der Waals surface area contributed by atoms with Crippen molar-refractivity contribution in [3.05, 3.63) is 41.2 Å². The number of rotatable bonds is 3. The van der Waals surface area contributed by atoms with Crippen molar-refractivity contribution in [2.75, 3.05) is 0 Å². The smallest absolute Gasteiger partial charge is 0.170 e. The number of pyridine rings is 1. The minimum Gasteiger partial charge on any atom is -0.294 e. The van der Waals surface area contributed by atoms with E-state index in [1.165, 1.54) is 0 Å². The van der Waals surface area contributed by atoms with Crippen molar-refractivity contribution in [3.63, 3.8) is 0 Å². The molecule has 0 fully saturated rings. The van der Waals surface area contributed by atoms with Crippen LogP contribution in [0, 0.1) is 0 Å². The molecule has 0 aliphatic rings. The summed E-state index contributed by atoms with van der Waals surface area (Å²) >= 11 is 1.58. The number of ketones is 1. The van der Waals surface area contributed by atoms with Crippen molar-refractivity contribution >= 4 is 27.3 Å². The molecular formula is C12H10N4OS.